The Hall–Kier alpha value is -5.77. The van der Waals surface area contributed by atoms with Crippen LogP contribution in [-0.2, 0) is 17.2 Å². The van der Waals surface area contributed by atoms with Crippen LogP contribution in [0.5, 0.6) is 5.75 Å². The third-order valence-corrected chi connectivity index (χ3v) is 8.77. The van der Waals surface area contributed by atoms with Crippen LogP contribution in [0.1, 0.15) is 78.1 Å². The van der Waals surface area contributed by atoms with E-state index in [1.165, 1.54) is 58.2 Å². The molecule has 2 aliphatic heterocycles. The molecule has 0 spiro atoms. The van der Waals surface area contributed by atoms with Crippen LogP contribution in [0.25, 0.3) is 0 Å². The van der Waals surface area contributed by atoms with Crippen molar-refractivity contribution in [3.05, 3.63) is 107 Å². The number of likely N-dealkylation sites (tertiary alicyclic amines) is 1. The number of piperidine rings is 1. The van der Waals surface area contributed by atoms with Crippen molar-refractivity contribution in [3.63, 3.8) is 0 Å². The minimum Gasteiger partial charge on any atom is -0.489 e. The molecule has 1 aromatic heterocycles. The number of fused-ring (bicyclic) bond motifs is 1. The molecule has 51 heavy (non-hydrogen) atoms. The van der Waals surface area contributed by atoms with E-state index in [1.54, 1.807) is 35.2 Å². The Morgan fingerprint density at radius 1 is 0.980 bits per heavy atom. The van der Waals surface area contributed by atoms with Crippen LogP contribution in [0.15, 0.2) is 79.0 Å². The molecule has 264 valence electrons. The molecule has 13 heteroatoms. The van der Waals surface area contributed by atoms with E-state index in [4.69, 9.17) is 9.47 Å². The molecule has 3 amide bonds. The first-order valence-corrected chi connectivity index (χ1v) is 16.7. The number of nitrogens with one attached hydrogen (secondary N) is 1. The number of benzene rings is 3. The minimum atomic E-state index is -3.22. The highest BCUT2D eigenvalue weighted by Crippen LogP contribution is 2.37. The summed E-state index contributed by atoms with van der Waals surface area (Å²) in [7, 11) is 0. The lowest BCUT2D eigenvalue weighted by molar-refractivity contribution is 0.0126. The average molecular weight is 697 g/mol. The molecule has 1 fully saturated rings. The molecule has 0 bridgehead atoms. The van der Waals surface area contributed by atoms with E-state index in [0.717, 1.165) is 0 Å². The Kier molecular flexibility index (Phi) is 9.53. The molecule has 0 saturated carbocycles. The molecule has 6 rings (SSSR count). The van der Waals surface area contributed by atoms with Crippen LogP contribution in [0.2, 0.25) is 0 Å². The lowest BCUT2D eigenvalue weighted by Crippen LogP contribution is -2.47. The quantitative estimate of drug-likeness (QED) is 0.221. The number of aromatic nitrogens is 2. The largest absolute Gasteiger partial charge is 0.489 e. The fraction of sp³-hybridized carbons (Fsp3) is 0.342. The van der Waals surface area contributed by atoms with E-state index in [9.17, 15) is 19.6 Å². The number of rotatable bonds is 7. The Bertz CT molecular complexity index is 1980. The molecule has 1 saturated heterocycles. The first kappa shape index (κ1) is 35.1. The maximum absolute atomic E-state index is 15.2. The van der Waals surface area contributed by atoms with Gasteiger partial charge in [0.15, 0.2) is 0 Å². The predicted molar refractivity (Wildman–Crippen MR) is 185 cm³/mol. The summed E-state index contributed by atoms with van der Waals surface area (Å²) < 4.78 is 43.4. The number of nitriles is 1. The third-order valence-electron chi connectivity index (χ3n) is 8.77. The van der Waals surface area contributed by atoms with Gasteiger partial charge in [-0.2, -0.15) is 19.1 Å². The fourth-order valence-electron chi connectivity index (χ4n) is 6.24. The lowest BCUT2D eigenvalue weighted by Gasteiger charge is -2.34. The van der Waals surface area contributed by atoms with Crippen molar-refractivity contribution in [1.29, 1.82) is 5.26 Å². The number of halogens is 2. The van der Waals surface area contributed by atoms with Gasteiger partial charge in [-0.15, -0.1) is 0 Å². The van der Waals surface area contributed by atoms with Gasteiger partial charge < -0.3 is 24.6 Å². The first-order valence-electron chi connectivity index (χ1n) is 16.7. The van der Waals surface area contributed by atoms with Crippen LogP contribution < -0.4 is 15.0 Å². The summed E-state index contributed by atoms with van der Waals surface area (Å²) in [6.07, 6.45) is 1.84. The number of nitrogens with zero attached hydrogens (tertiary/aromatic N) is 5. The van der Waals surface area contributed by atoms with Gasteiger partial charge in [-0.3, -0.25) is 14.3 Å². The van der Waals surface area contributed by atoms with Crippen LogP contribution in [-0.4, -0.2) is 63.4 Å². The number of carbonyl (C=O) groups excluding carboxylic acids is 3. The molecular formula is C38H38F2N6O5. The average Bonchev–Trinajstić information content (AvgIpc) is 3.53. The predicted octanol–water partition coefficient (Wildman–Crippen LogP) is 6.97. The zero-order chi connectivity index (χ0) is 36.5. The van der Waals surface area contributed by atoms with Gasteiger partial charge in [0, 0.05) is 48.4 Å². The number of ether oxygens (including phenoxy) is 2. The maximum Gasteiger partial charge on any atom is 0.410 e. The van der Waals surface area contributed by atoms with E-state index in [2.05, 4.69) is 16.5 Å². The second-order valence-electron chi connectivity index (χ2n) is 13.7. The number of hydrogen-bond acceptors (Lipinski definition) is 7. The Labute approximate surface area is 294 Å². The van der Waals surface area contributed by atoms with E-state index in [-0.39, 0.29) is 52.7 Å². The van der Waals surface area contributed by atoms with E-state index in [0.29, 0.717) is 43.1 Å². The highest BCUT2D eigenvalue weighted by atomic mass is 19.3. The summed E-state index contributed by atoms with van der Waals surface area (Å²) in [5.74, 6) is -3.98. The van der Waals surface area contributed by atoms with E-state index < -0.39 is 23.3 Å². The molecule has 3 aromatic carbocycles. The molecule has 1 atom stereocenters. The van der Waals surface area contributed by atoms with Gasteiger partial charge in [-0.25, -0.2) is 4.79 Å². The van der Waals surface area contributed by atoms with Crippen molar-refractivity contribution >= 4 is 29.3 Å². The molecule has 11 nitrogen and oxygen atoms in total. The van der Waals surface area contributed by atoms with Gasteiger partial charge in [0.25, 0.3) is 17.7 Å². The Morgan fingerprint density at radius 3 is 2.29 bits per heavy atom. The molecule has 3 heterocycles. The van der Waals surface area contributed by atoms with Crippen LogP contribution >= 0.6 is 0 Å². The van der Waals surface area contributed by atoms with Gasteiger partial charge in [-0.1, -0.05) is 42.5 Å². The van der Waals surface area contributed by atoms with Gasteiger partial charge in [0.1, 0.15) is 29.2 Å². The van der Waals surface area contributed by atoms with Gasteiger partial charge >= 0.3 is 6.09 Å². The van der Waals surface area contributed by atoms with Crippen molar-refractivity contribution in [2.24, 2.45) is 0 Å². The molecule has 0 radical (unpaired) electrons. The number of anilines is 2. The number of amides is 3. The van der Waals surface area contributed by atoms with E-state index >= 15 is 8.78 Å². The summed E-state index contributed by atoms with van der Waals surface area (Å²) in [6.45, 7) is 8.44. The summed E-state index contributed by atoms with van der Waals surface area (Å²) >= 11 is 0. The molecule has 1 unspecified atom stereocenters. The lowest BCUT2D eigenvalue weighted by atomic mass is 9.99. The molecule has 4 aromatic rings. The molecule has 0 aliphatic carbocycles. The summed E-state index contributed by atoms with van der Waals surface area (Å²) in [4.78, 5) is 42.9. The monoisotopic (exact) mass is 696 g/mol. The standard InChI is InChI=1S/C38H38F2N6O5/c1-24-23-45-33(35(48)46(24)29-13-10-27(11-14-29)38(39,40)26-8-6-5-7-9-26)31(22-42-45)34(47)43-28-12-15-32(25(20-28)21-41)50-30-16-18-44(19-17-30)36(49)51-37(2,3)4/h5-15,20,22,24,30H,16-19,23H2,1-4H3,(H,43,47). The summed E-state index contributed by atoms with van der Waals surface area (Å²) in [6, 6.07) is 19.5. The molecule has 1 N–H and O–H groups in total. The van der Waals surface area contributed by atoms with Gasteiger partial charge in [0.05, 0.1) is 29.9 Å². The zero-order valence-corrected chi connectivity index (χ0v) is 28.7. The van der Waals surface area contributed by atoms with Crippen molar-refractivity contribution in [1.82, 2.24) is 14.7 Å². The second kappa shape index (κ2) is 13.9. The minimum absolute atomic E-state index is 0.0275. The number of alkyl halides is 2. The van der Waals surface area contributed by atoms with E-state index in [1.807, 2.05) is 27.7 Å². The topological polar surface area (TPSA) is 130 Å². The second-order valence-corrected chi connectivity index (χ2v) is 13.7. The normalized spacial score (nSPS) is 16.6. The van der Waals surface area contributed by atoms with Gasteiger partial charge in [0.2, 0.25) is 0 Å². The highest BCUT2D eigenvalue weighted by Gasteiger charge is 2.38. The highest BCUT2D eigenvalue weighted by molar-refractivity contribution is 6.15. The van der Waals surface area contributed by atoms with Crippen molar-refractivity contribution in [2.45, 2.75) is 70.8 Å². The summed E-state index contributed by atoms with van der Waals surface area (Å²) in [5.41, 5.74) is 0.0723. The SMILES string of the molecule is CC1Cn2ncc(C(=O)Nc3ccc(OC4CCN(C(=O)OC(C)(C)C)CC4)c(C#N)c3)c2C(=O)N1c1ccc(C(F)(F)c2ccccc2)cc1. The fourth-order valence-corrected chi connectivity index (χ4v) is 6.24. The van der Waals surface area contributed by atoms with Crippen LogP contribution in [0.3, 0.4) is 0 Å². The first-order chi connectivity index (χ1) is 24.2. The molecule has 2 aliphatic rings. The molecular weight excluding hydrogens is 658 g/mol. The maximum atomic E-state index is 15.2. The Balaban J connectivity index is 1.13. The van der Waals surface area contributed by atoms with Crippen LogP contribution in [0, 0.1) is 11.3 Å². The summed E-state index contributed by atoms with van der Waals surface area (Å²) in [5, 5.41) is 16.9. The van der Waals surface area contributed by atoms with Gasteiger partial charge in [-0.05, 0) is 58.0 Å². The van der Waals surface area contributed by atoms with Crippen LogP contribution in [0.4, 0.5) is 25.0 Å². The Morgan fingerprint density at radius 2 is 1.65 bits per heavy atom. The zero-order valence-electron chi connectivity index (χ0n) is 28.7. The van der Waals surface area contributed by atoms with Crippen molar-refractivity contribution < 1.29 is 32.6 Å². The number of carbonyl (C=O) groups is 3. The smallest absolute Gasteiger partial charge is 0.410 e. The van der Waals surface area contributed by atoms with Crippen molar-refractivity contribution in [3.8, 4) is 11.8 Å². The third kappa shape index (κ3) is 7.40. The number of hydrogen-bond donors (Lipinski definition) is 1. The van der Waals surface area contributed by atoms with Crippen molar-refractivity contribution in [2.75, 3.05) is 23.3 Å².